The Kier molecular flexibility index (Phi) is 4.18. The SMILES string of the molecule is CC(C)(C=O)C1CCCN(Cc2ccccc2)C1. The van der Waals surface area contributed by atoms with Crippen LogP contribution in [-0.4, -0.2) is 24.3 Å². The Morgan fingerprint density at radius 2 is 2.06 bits per heavy atom. The molecule has 1 fully saturated rings. The van der Waals surface area contributed by atoms with E-state index in [2.05, 4.69) is 49.1 Å². The van der Waals surface area contributed by atoms with E-state index >= 15 is 0 Å². The summed E-state index contributed by atoms with van der Waals surface area (Å²) in [7, 11) is 0. The number of benzene rings is 1. The van der Waals surface area contributed by atoms with Crippen LogP contribution in [0.1, 0.15) is 32.3 Å². The Morgan fingerprint density at radius 3 is 2.72 bits per heavy atom. The van der Waals surface area contributed by atoms with Gasteiger partial charge in [-0.1, -0.05) is 44.2 Å². The molecule has 1 heterocycles. The Bertz CT molecular complexity index is 385. The minimum absolute atomic E-state index is 0.185. The normalized spacial score (nSPS) is 21.8. The fourth-order valence-electron chi connectivity index (χ4n) is 2.74. The zero-order valence-electron chi connectivity index (χ0n) is 11.4. The molecule has 2 heteroatoms. The van der Waals surface area contributed by atoms with Gasteiger partial charge in [0, 0.05) is 18.5 Å². The molecule has 0 aliphatic carbocycles. The van der Waals surface area contributed by atoms with Gasteiger partial charge < -0.3 is 4.79 Å². The zero-order valence-corrected chi connectivity index (χ0v) is 11.4. The summed E-state index contributed by atoms with van der Waals surface area (Å²) in [5.74, 6) is 0.493. The molecule has 1 aromatic carbocycles. The maximum atomic E-state index is 11.2. The minimum atomic E-state index is -0.185. The van der Waals surface area contributed by atoms with E-state index in [-0.39, 0.29) is 5.41 Å². The van der Waals surface area contributed by atoms with Crippen LogP contribution in [0, 0.1) is 11.3 Å². The van der Waals surface area contributed by atoms with E-state index in [4.69, 9.17) is 0 Å². The van der Waals surface area contributed by atoms with Crippen molar-refractivity contribution >= 4 is 6.29 Å². The van der Waals surface area contributed by atoms with Crippen LogP contribution >= 0.6 is 0 Å². The largest absolute Gasteiger partial charge is 0.303 e. The highest BCUT2D eigenvalue weighted by Crippen LogP contribution is 2.32. The molecule has 0 N–H and O–H groups in total. The lowest BCUT2D eigenvalue weighted by Crippen LogP contribution is -2.41. The quantitative estimate of drug-likeness (QED) is 0.760. The smallest absolute Gasteiger partial charge is 0.125 e. The van der Waals surface area contributed by atoms with Crippen LogP contribution in [0.25, 0.3) is 0 Å². The number of carbonyl (C=O) groups is 1. The standard InChI is InChI=1S/C16H23NO/c1-16(2,13-18)15-9-6-10-17(12-15)11-14-7-4-3-5-8-14/h3-5,7-8,13,15H,6,9-12H2,1-2H3. The van der Waals surface area contributed by atoms with Crippen molar-refractivity contribution in [2.75, 3.05) is 13.1 Å². The molecule has 1 aliphatic heterocycles. The third kappa shape index (κ3) is 3.20. The fraction of sp³-hybridized carbons (Fsp3) is 0.562. The van der Waals surface area contributed by atoms with E-state index in [1.54, 1.807) is 0 Å². The second-order valence-electron chi connectivity index (χ2n) is 6.00. The summed E-state index contributed by atoms with van der Waals surface area (Å²) in [5, 5.41) is 0. The Labute approximate surface area is 110 Å². The molecule has 0 spiro atoms. The monoisotopic (exact) mass is 245 g/mol. The molecule has 98 valence electrons. The first-order chi connectivity index (χ1) is 8.62. The second kappa shape index (κ2) is 5.66. The van der Waals surface area contributed by atoms with Gasteiger partial charge in [0.25, 0.3) is 0 Å². The van der Waals surface area contributed by atoms with Crippen LogP contribution in [0.5, 0.6) is 0 Å². The molecule has 1 unspecified atom stereocenters. The van der Waals surface area contributed by atoms with E-state index < -0.39 is 0 Å². The summed E-state index contributed by atoms with van der Waals surface area (Å²) in [4.78, 5) is 13.7. The molecule has 0 bridgehead atoms. The first-order valence-corrected chi connectivity index (χ1v) is 6.84. The van der Waals surface area contributed by atoms with Crippen LogP contribution in [0.15, 0.2) is 30.3 Å². The van der Waals surface area contributed by atoms with E-state index in [1.165, 1.54) is 18.4 Å². The second-order valence-corrected chi connectivity index (χ2v) is 6.00. The fourth-order valence-corrected chi connectivity index (χ4v) is 2.74. The highest BCUT2D eigenvalue weighted by atomic mass is 16.1. The molecule has 2 rings (SSSR count). The molecule has 18 heavy (non-hydrogen) atoms. The van der Waals surface area contributed by atoms with Gasteiger partial charge in [0.2, 0.25) is 0 Å². The molecule has 1 saturated heterocycles. The number of piperidine rings is 1. The van der Waals surface area contributed by atoms with Gasteiger partial charge in [-0.25, -0.2) is 0 Å². The summed E-state index contributed by atoms with van der Waals surface area (Å²) in [5.41, 5.74) is 1.18. The van der Waals surface area contributed by atoms with Crippen LogP contribution in [0.3, 0.4) is 0 Å². The Morgan fingerprint density at radius 1 is 1.33 bits per heavy atom. The van der Waals surface area contributed by atoms with E-state index in [0.29, 0.717) is 5.92 Å². The van der Waals surface area contributed by atoms with Gasteiger partial charge in [0.05, 0.1) is 0 Å². The number of nitrogens with zero attached hydrogens (tertiary/aromatic N) is 1. The predicted octanol–water partition coefficient (Wildman–Crippen LogP) is 3.12. The molecular formula is C16H23NO. The highest BCUT2D eigenvalue weighted by molar-refractivity contribution is 5.58. The third-order valence-corrected chi connectivity index (χ3v) is 4.11. The minimum Gasteiger partial charge on any atom is -0.303 e. The van der Waals surface area contributed by atoms with E-state index in [9.17, 15) is 4.79 Å². The number of aldehydes is 1. The van der Waals surface area contributed by atoms with Crippen molar-refractivity contribution in [3.05, 3.63) is 35.9 Å². The van der Waals surface area contributed by atoms with Crippen molar-refractivity contribution in [1.29, 1.82) is 0 Å². The van der Waals surface area contributed by atoms with Crippen LogP contribution in [0.4, 0.5) is 0 Å². The number of hydrogen-bond donors (Lipinski definition) is 0. The van der Waals surface area contributed by atoms with Gasteiger partial charge in [-0.3, -0.25) is 4.90 Å². The molecule has 0 radical (unpaired) electrons. The zero-order chi connectivity index (χ0) is 13.0. The van der Waals surface area contributed by atoms with Gasteiger partial charge >= 0.3 is 0 Å². The first kappa shape index (κ1) is 13.3. The van der Waals surface area contributed by atoms with Crippen molar-refractivity contribution in [3.8, 4) is 0 Å². The van der Waals surface area contributed by atoms with Gasteiger partial charge in [-0.2, -0.15) is 0 Å². The summed E-state index contributed by atoms with van der Waals surface area (Å²) in [6.45, 7) is 7.33. The van der Waals surface area contributed by atoms with Crippen molar-refractivity contribution in [2.45, 2.75) is 33.2 Å². The van der Waals surface area contributed by atoms with Crippen molar-refractivity contribution in [2.24, 2.45) is 11.3 Å². The summed E-state index contributed by atoms with van der Waals surface area (Å²) >= 11 is 0. The third-order valence-electron chi connectivity index (χ3n) is 4.11. The van der Waals surface area contributed by atoms with Crippen LogP contribution in [0.2, 0.25) is 0 Å². The average Bonchev–Trinajstić information content (AvgIpc) is 2.40. The topological polar surface area (TPSA) is 20.3 Å². The molecule has 0 saturated carbocycles. The summed E-state index contributed by atoms with van der Waals surface area (Å²) in [6.07, 6.45) is 3.51. The first-order valence-electron chi connectivity index (χ1n) is 6.84. The van der Waals surface area contributed by atoms with Crippen LogP contribution < -0.4 is 0 Å². The number of carbonyl (C=O) groups excluding carboxylic acids is 1. The predicted molar refractivity (Wildman–Crippen MR) is 74.3 cm³/mol. The summed E-state index contributed by atoms with van der Waals surface area (Å²) < 4.78 is 0. The van der Waals surface area contributed by atoms with Crippen LogP contribution in [-0.2, 0) is 11.3 Å². The van der Waals surface area contributed by atoms with E-state index in [0.717, 1.165) is 25.9 Å². The molecule has 0 amide bonds. The van der Waals surface area contributed by atoms with Crippen molar-refractivity contribution in [3.63, 3.8) is 0 Å². The number of hydrogen-bond acceptors (Lipinski definition) is 2. The summed E-state index contributed by atoms with van der Waals surface area (Å²) in [6, 6.07) is 10.6. The van der Waals surface area contributed by atoms with Gasteiger partial charge in [-0.05, 0) is 30.9 Å². The van der Waals surface area contributed by atoms with Gasteiger partial charge in [-0.15, -0.1) is 0 Å². The number of likely N-dealkylation sites (tertiary alicyclic amines) is 1. The molecule has 0 aromatic heterocycles. The Hall–Kier alpha value is -1.15. The highest BCUT2D eigenvalue weighted by Gasteiger charge is 2.32. The molecular weight excluding hydrogens is 222 g/mol. The molecule has 1 aromatic rings. The van der Waals surface area contributed by atoms with Gasteiger partial charge in [0.1, 0.15) is 6.29 Å². The number of rotatable bonds is 4. The van der Waals surface area contributed by atoms with Gasteiger partial charge in [0.15, 0.2) is 0 Å². The molecule has 1 atom stereocenters. The maximum Gasteiger partial charge on any atom is 0.125 e. The van der Waals surface area contributed by atoms with Crippen molar-refractivity contribution in [1.82, 2.24) is 4.90 Å². The lowest BCUT2D eigenvalue weighted by molar-refractivity contribution is -0.118. The lowest BCUT2D eigenvalue weighted by Gasteiger charge is -2.38. The van der Waals surface area contributed by atoms with E-state index in [1.807, 2.05) is 0 Å². The average molecular weight is 245 g/mol. The molecule has 1 aliphatic rings. The lowest BCUT2D eigenvalue weighted by atomic mass is 9.75. The molecule has 2 nitrogen and oxygen atoms in total. The van der Waals surface area contributed by atoms with Crippen molar-refractivity contribution < 1.29 is 4.79 Å². The maximum absolute atomic E-state index is 11.2. The Balaban J connectivity index is 1.97.